The van der Waals surface area contributed by atoms with Gasteiger partial charge in [-0.25, -0.2) is 0 Å². The number of hydrogen-bond donors (Lipinski definition) is 2. The number of carbonyl (C=O) groups is 1. The van der Waals surface area contributed by atoms with Crippen molar-refractivity contribution in [3.63, 3.8) is 0 Å². The first-order valence-electron chi connectivity index (χ1n) is 11.6. The maximum atomic E-state index is 12.9. The molecule has 1 aliphatic carbocycles. The molecule has 0 atom stereocenters. The zero-order valence-corrected chi connectivity index (χ0v) is 18.9. The summed E-state index contributed by atoms with van der Waals surface area (Å²) < 4.78 is 49.8. The molecular weight excluding hydrogens is 445 g/mol. The third-order valence-electron chi connectivity index (χ3n) is 7.15. The fraction of sp³-hybridized carbons (Fsp3) is 0.423. The van der Waals surface area contributed by atoms with Crippen LogP contribution >= 0.6 is 0 Å². The van der Waals surface area contributed by atoms with Gasteiger partial charge >= 0.3 is 6.18 Å². The number of H-pyrrole nitrogens is 1. The number of fused-ring (bicyclic) bond motifs is 1. The Morgan fingerprint density at radius 2 is 1.82 bits per heavy atom. The molecule has 0 bridgehead atoms. The lowest BCUT2D eigenvalue weighted by molar-refractivity contribution is -0.137. The maximum Gasteiger partial charge on any atom is 0.416 e. The first-order chi connectivity index (χ1) is 16.2. The molecule has 1 aromatic heterocycles. The number of rotatable bonds is 5. The smallest absolute Gasteiger partial charge is 0.416 e. The van der Waals surface area contributed by atoms with Gasteiger partial charge in [0.05, 0.1) is 22.8 Å². The van der Waals surface area contributed by atoms with Gasteiger partial charge in [0.25, 0.3) is 0 Å². The Labute approximate surface area is 195 Å². The van der Waals surface area contributed by atoms with Gasteiger partial charge in [0, 0.05) is 30.3 Å². The van der Waals surface area contributed by atoms with Crippen molar-refractivity contribution in [1.29, 1.82) is 0 Å². The van der Waals surface area contributed by atoms with Gasteiger partial charge in [-0.2, -0.15) is 13.2 Å². The first-order valence-corrected chi connectivity index (χ1v) is 11.6. The lowest BCUT2D eigenvalue weighted by Gasteiger charge is -2.36. The molecule has 5 rings (SSSR count). The van der Waals surface area contributed by atoms with Crippen LogP contribution in [0.15, 0.2) is 48.7 Å². The molecule has 5 nitrogen and oxygen atoms in total. The topological polar surface area (TPSA) is 63.4 Å². The highest BCUT2D eigenvalue weighted by atomic mass is 19.4. The first kappa shape index (κ1) is 22.8. The van der Waals surface area contributed by atoms with Crippen molar-refractivity contribution in [1.82, 2.24) is 4.98 Å². The predicted molar refractivity (Wildman–Crippen MR) is 123 cm³/mol. The fourth-order valence-corrected chi connectivity index (χ4v) is 4.67. The highest BCUT2D eigenvalue weighted by molar-refractivity contribution is 6.03. The second-order valence-electron chi connectivity index (χ2n) is 9.56. The second kappa shape index (κ2) is 8.65. The van der Waals surface area contributed by atoms with Gasteiger partial charge in [0.2, 0.25) is 5.91 Å². The van der Waals surface area contributed by atoms with Crippen molar-refractivity contribution >= 4 is 22.5 Å². The molecule has 0 spiro atoms. The summed E-state index contributed by atoms with van der Waals surface area (Å²) in [6.07, 6.45) is 0.360. The molecule has 2 fully saturated rings. The second-order valence-corrected chi connectivity index (χ2v) is 9.56. The fourth-order valence-electron chi connectivity index (χ4n) is 4.67. The third kappa shape index (κ3) is 4.51. The van der Waals surface area contributed by atoms with E-state index in [1.807, 2.05) is 25.1 Å². The minimum absolute atomic E-state index is 0.00266. The molecule has 1 aliphatic heterocycles. The average molecular weight is 473 g/mol. The number of carbonyl (C=O) groups excluding carboxylic acids is 1. The standard InChI is InChI=1S/C26H27F3N2O3/c1-25(8-10-33-11-9-25)24(32)31-23-15-30-22-7-6-19(14-21(22)23)34-20-12-17(13-20)16-2-4-18(5-3-16)26(27,28)29/h2-7,14-15,17,20,30H,8-13H2,1H3,(H,31,32)/t17-,20+. The molecule has 2 N–H and O–H groups in total. The number of ether oxygens (including phenoxy) is 2. The van der Waals surface area contributed by atoms with Crippen LogP contribution in [0.25, 0.3) is 10.9 Å². The van der Waals surface area contributed by atoms with Crippen molar-refractivity contribution in [2.75, 3.05) is 18.5 Å². The van der Waals surface area contributed by atoms with Crippen LogP contribution in [0.4, 0.5) is 18.9 Å². The van der Waals surface area contributed by atoms with Gasteiger partial charge in [-0.15, -0.1) is 0 Å². The molecule has 0 unspecified atom stereocenters. The Bertz CT molecular complexity index is 1170. The van der Waals surface area contributed by atoms with Gasteiger partial charge < -0.3 is 19.8 Å². The molecule has 1 saturated heterocycles. The van der Waals surface area contributed by atoms with Crippen LogP contribution < -0.4 is 10.1 Å². The monoisotopic (exact) mass is 472 g/mol. The number of anilines is 1. The highest BCUT2D eigenvalue weighted by Gasteiger charge is 2.36. The molecule has 2 aliphatic rings. The number of nitrogens with one attached hydrogen (secondary N) is 2. The van der Waals surface area contributed by atoms with Crippen molar-refractivity contribution in [3.05, 3.63) is 59.8 Å². The molecule has 2 aromatic carbocycles. The lowest BCUT2D eigenvalue weighted by Crippen LogP contribution is -2.38. The Morgan fingerprint density at radius 1 is 1.12 bits per heavy atom. The van der Waals surface area contributed by atoms with Crippen molar-refractivity contribution in [2.24, 2.45) is 5.41 Å². The number of amides is 1. The summed E-state index contributed by atoms with van der Waals surface area (Å²) in [7, 11) is 0. The van der Waals surface area contributed by atoms with Crippen molar-refractivity contribution < 1.29 is 27.4 Å². The van der Waals surface area contributed by atoms with E-state index in [2.05, 4.69) is 10.3 Å². The van der Waals surface area contributed by atoms with Crippen LogP contribution in [-0.2, 0) is 15.7 Å². The molecule has 34 heavy (non-hydrogen) atoms. The van der Waals surface area contributed by atoms with Crippen LogP contribution in [0.2, 0.25) is 0 Å². The molecule has 180 valence electrons. The summed E-state index contributed by atoms with van der Waals surface area (Å²) in [5.74, 6) is 0.885. The van der Waals surface area contributed by atoms with Crippen molar-refractivity contribution in [2.45, 2.75) is 50.8 Å². The summed E-state index contributed by atoms with van der Waals surface area (Å²) in [6, 6.07) is 11.1. The van der Waals surface area contributed by atoms with E-state index in [9.17, 15) is 18.0 Å². The average Bonchev–Trinajstić information content (AvgIpc) is 3.18. The normalized spacial score (nSPS) is 22.2. The number of halogens is 3. The zero-order chi connectivity index (χ0) is 23.9. The largest absolute Gasteiger partial charge is 0.490 e. The minimum Gasteiger partial charge on any atom is -0.490 e. The molecule has 0 radical (unpaired) electrons. The van der Waals surface area contributed by atoms with E-state index in [1.54, 1.807) is 18.3 Å². The Kier molecular flexibility index (Phi) is 5.80. The van der Waals surface area contributed by atoms with Crippen LogP contribution in [0.1, 0.15) is 49.7 Å². The van der Waals surface area contributed by atoms with Crippen LogP contribution in [0, 0.1) is 5.41 Å². The molecule has 1 saturated carbocycles. The lowest BCUT2D eigenvalue weighted by atomic mass is 9.77. The predicted octanol–water partition coefficient (Wildman–Crippen LogP) is 6.27. The SMILES string of the molecule is CC1(C(=O)Nc2c[nH]c3ccc(O[C@H]4C[C@@H](c5ccc(C(F)(F)F)cc5)C4)cc23)CCOCC1. The van der Waals surface area contributed by atoms with Gasteiger partial charge in [-0.3, -0.25) is 4.79 Å². The van der Waals surface area contributed by atoms with Crippen LogP contribution in [0.3, 0.4) is 0 Å². The highest BCUT2D eigenvalue weighted by Crippen LogP contribution is 2.41. The third-order valence-corrected chi connectivity index (χ3v) is 7.15. The van der Waals surface area contributed by atoms with Gasteiger partial charge in [0.1, 0.15) is 5.75 Å². The Morgan fingerprint density at radius 3 is 2.50 bits per heavy atom. The molecular formula is C26H27F3N2O3. The summed E-state index contributed by atoms with van der Waals surface area (Å²) in [6.45, 7) is 3.15. The van der Waals surface area contributed by atoms with E-state index in [4.69, 9.17) is 9.47 Å². The number of hydrogen-bond acceptors (Lipinski definition) is 3. The Balaban J connectivity index is 1.22. The minimum atomic E-state index is -4.32. The number of alkyl halides is 3. The van der Waals surface area contributed by atoms with Gasteiger partial charge in [0.15, 0.2) is 0 Å². The summed E-state index contributed by atoms with van der Waals surface area (Å²) in [5, 5.41) is 3.94. The van der Waals surface area contributed by atoms with Gasteiger partial charge in [-0.05, 0) is 67.5 Å². The molecule has 2 heterocycles. The molecule has 1 amide bonds. The number of aromatic amines is 1. The summed E-state index contributed by atoms with van der Waals surface area (Å²) in [4.78, 5) is 16.1. The van der Waals surface area contributed by atoms with Gasteiger partial charge in [-0.1, -0.05) is 19.1 Å². The van der Waals surface area contributed by atoms with E-state index < -0.39 is 17.2 Å². The van der Waals surface area contributed by atoms with E-state index in [1.165, 1.54) is 0 Å². The zero-order valence-electron chi connectivity index (χ0n) is 18.9. The van der Waals surface area contributed by atoms with E-state index in [0.717, 1.165) is 47.1 Å². The van der Waals surface area contributed by atoms with Crippen LogP contribution in [-0.4, -0.2) is 30.2 Å². The summed E-state index contributed by atoms with van der Waals surface area (Å²) >= 11 is 0. The number of aromatic nitrogens is 1. The van der Waals surface area contributed by atoms with E-state index in [-0.39, 0.29) is 17.9 Å². The van der Waals surface area contributed by atoms with E-state index >= 15 is 0 Å². The molecule has 3 aromatic rings. The van der Waals surface area contributed by atoms with E-state index in [0.29, 0.717) is 31.8 Å². The molecule has 8 heteroatoms. The number of benzene rings is 2. The quantitative estimate of drug-likeness (QED) is 0.460. The maximum absolute atomic E-state index is 12.9. The van der Waals surface area contributed by atoms with Crippen molar-refractivity contribution in [3.8, 4) is 5.75 Å². The van der Waals surface area contributed by atoms with Crippen LogP contribution in [0.5, 0.6) is 5.75 Å². The Hall–Kier alpha value is -3.00. The summed E-state index contributed by atoms with van der Waals surface area (Å²) in [5.41, 5.74) is 1.44.